The van der Waals surface area contributed by atoms with Crippen LogP contribution in [0.5, 0.6) is 0 Å². The fourth-order valence-electron chi connectivity index (χ4n) is 1.40. The second-order valence-electron chi connectivity index (χ2n) is 3.49. The van der Waals surface area contributed by atoms with E-state index in [1.807, 2.05) is 6.92 Å². The van der Waals surface area contributed by atoms with Gasteiger partial charge in [-0.15, -0.1) is 0 Å². The summed E-state index contributed by atoms with van der Waals surface area (Å²) < 4.78 is 4.96. The lowest BCUT2D eigenvalue weighted by Gasteiger charge is -2.13. The zero-order chi connectivity index (χ0) is 10.4. The molecule has 0 aromatic carbocycles. The molecular formula is C10H17NO3. The third-order valence-corrected chi connectivity index (χ3v) is 2.25. The summed E-state index contributed by atoms with van der Waals surface area (Å²) in [6.45, 7) is 3.33. The quantitative estimate of drug-likeness (QED) is 0.489. The van der Waals surface area contributed by atoms with Gasteiger partial charge in [0.1, 0.15) is 6.54 Å². The maximum atomic E-state index is 11.2. The van der Waals surface area contributed by atoms with Gasteiger partial charge in [0.25, 0.3) is 0 Å². The van der Waals surface area contributed by atoms with E-state index >= 15 is 0 Å². The summed E-state index contributed by atoms with van der Waals surface area (Å²) in [6.07, 6.45) is 3.33. The number of carbonyl (C=O) groups excluding carboxylic acids is 2. The maximum Gasteiger partial charge on any atom is 0.325 e. The first kappa shape index (κ1) is 11.0. The Labute approximate surface area is 84.2 Å². The zero-order valence-electron chi connectivity index (χ0n) is 8.62. The number of hydrogen-bond acceptors (Lipinski definition) is 3. The SMILES string of the molecule is CCCCOC(=O)CN1CCCC1=O. The molecule has 80 valence electrons. The molecule has 4 heteroatoms. The number of likely N-dealkylation sites (tertiary alicyclic amines) is 1. The molecule has 0 unspecified atom stereocenters. The summed E-state index contributed by atoms with van der Waals surface area (Å²) in [5, 5.41) is 0. The summed E-state index contributed by atoms with van der Waals surface area (Å²) in [5.74, 6) is -0.217. The molecule has 1 heterocycles. The molecule has 14 heavy (non-hydrogen) atoms. The van der Waals surface area contributed by atoms with Gasteiger partial charge in [-0.3, -0.25) is 9.59 Å². The van der Waals surface area contributed by atoms with Gasteiger partial charge in [-0.1, -0.05) is 13.3 Å². The van der Waals surface area contributed by atoms with Crippen LogP contribution < -0.4 is 0 Å². The molecule has 0 aliphatic carbocycles. The van der Waals surface area contributed by atoms with Crippen LogP contribution in [0, 0.1) is 0 Å². The van der Waals surface area contributed by atoms with Gasteiger partial charge in [0, 0.05) is 13.0 Å². The standard InChI is InChI=1S/C10H17NO3/c1-2-3-7-14-10(13)8-11-6-4-5-9(11)12/h2-8H2,1H3. The molecule has 1 saturated heterocycles. The number of esters is 1. The predicted molar refractivity (Wildman–Crippen MR) is 51.7 cm³/mol. The fraction of sp³-hybridized carbons (Fsp3) is 0.800. The summed E-state index contributed by atoms with van der Waals surface area (Å²) in [5.41, 5.74) is 0. The first-order valence-electron chi connectivity index (χ1n) is 5.17. The number of hydrogen-bond donors (Lipinski definition) is 0. The second-order valence-corrected chi connectivity index (χ2v) is 3.49. The van der Waals surface area contributed by atoms with Gasteiger partial charge in [-0.25, -0.2) is 0 Å². The third-order valence-electron chi connectivity index (χ3n) is 2.25. The molecule has 0 aromatic rings. The average molecular weight is 199 g/mol. The van der Waals surface area contributed by atoms with Crippen LogP contribution in [0.2, 0.25) is 0 Å². The molecule has 0 N–H and O–H groups in total. The van der Waals surface area contributed by atoms with Crippen LogP contribution in [0.4, 0.5) is 0 Å². The highest BCUT2D eigenvalue weighted by atomic mass is 16.5. The largest absolute Gasteiger partial charge is 0.464 e. The number of ether oxygens (including phenoxy) is 1. The van der Waals surface area contributed by atoms with Crippen LogP contribution in [0.15, 0.2) is 0 Å². The van der Waals surface area contributed by atoms with Crippen LogP contribution >= 0.6 is 0 Å². The lowest BCUT2D eigenvalue weighted by Crippen LogP contribution is -2.31. The van der Waals surface area contributed by atoms with Gasteiger partial charge in [0.15, 0.2) is 0 Å². The molecule has 0 saturated carbocycles. The minimum absolute atomic E-state index is 0.0671. The van der Waals surface area contributed by atoms with Crippen LogP contribution in [0.1, 0.15) is 32.6 Å². The van der Waals surface area contributed by atoms with Crippen LogP contribution in [0.25, 0.3) is 0 Å². The van der Waals surface area contributed by atoms with E-state index in [2.05, 4.69) is 0 Å². The lowest BCUT2D eigenvalue weighted by atomic mass is 10.4. The van der Waals surface area contributed by atoms with Crippen LogP contribution in [-0.4, -0.2) is 36.5 Å². The van der Waals surface area contributed by atoms with E-state index in [0.717, 1.165) is 19.3 Å². The Morgan fingerprint density at radius 3 is 2.93 bits per heavy atom. The Balaban J connectivity index is 2.16. The Bertz CT molecular complexity index is 215. The highest BCUT2D eigenvalue weighted by Crippen LogP contribution is 2.08. The molecule has 4 nitrogen and oxygen atoms in total. The average Bonchev–Trinajstić information content (AvgIpc) is 2.52. The minimum atomic E-state index is -0.284. The lowest BCUT2D eigenvalue weighted by molar-refractivity contribution is -0.148. The molecule has 0 spiro atoms. The van der Waals surface area contributed by atoms with Gasteiger partial charge in [-0.2, -0.15) is 0 Å². The highest BCUT2D eigenvalue weighted by molar-refractivity contribution is 5.83. The van der Waals surface area contributed by atoms with Crippen molar-refractivity contribution in [1.82, 2.24) is 4.90 Å². The number of amides is 1. The van der Waals surface area contributed by atoms with E-state index < -0.39 is 0 Å². The Morgan fingerprint density at radius 2 is 2.36 bits per heavy atom. The predicted octanol–water partition coefficient (Wildman–Crippen LogP) is 0.952. The van der Waals surface area contributed by atoms with Crippen molar-refractivity contribution in [2.45, 2.75) is 32.6 Å². The highest BCUT2D eigenvalue weighted by Gasteiger charge is 2.22. The molecule has 1 amide bonds. The van der Waals surface area contributed by atoms with Gasteiger partial charge < -0.3 is 9.64 Å². The smallest absolute Gasteiger partial charge is 0.325 e. The first-order chi connectivity index (χ1) is 6.74. The van der Waals surface area contributed by atoms with Crippen molar-refractivity contribution < 1.29 is 14.3 Å². The van der Waals surface area contributed by atoms with Gasteiger partial charge in [0.2, 0.25) is 5.91 Å². The summed E-state index contributed by atoms with van der Waals surface area (Å²) in [7, 11) is 0. The van der Waals surface area contributed by atoms with Gasteiger partial charge in [-0.05, 0) is 12.8 Å². The topological polar surface area (TPSA) is 46.6 Å². The third kappa shape index (κ3) is 3.36. The van der Waals surface area contributed by atoms with E-state index in [0.29, 0.717) is 19.6 Å². The molecular weight excluding hydrogens is 182 g/mol. The Morgan fingerprint density at radius 1 is 1.57 bits per heavy atom. The van der Waals surface area contributed by atoms with Crippen molar-refractivity contribution in [3.63, 3.8) is 0 Å². The molecule has 1 aliphatic heterocycles. The summed E-state index contributed by atoms with van der Waals surface area (Å²) in [6, 6.07) is 0. The van der Waals surface area contributed by atoms with Crippen molar-refractivity contribution in [3.05, 3.63) is 0 Å². The minimum Gasteiger partial charge on any atom is -0.464 e. The van der Waals surface area contributed by atoms with Crippen molar-refractivity contribution in [2.24, 2.45) is 0 Å². The molecule has 1 rings (SSSR count). The van der Waals surface area contributed by atoms with Gasteiger partial charge in [0.05, 0.1) is 6.61 Å². The monoisotopic (exact) mass is 199 g/mol. The second kappa shape index (κ2) is 5.62. The molecule has 0 radical (unpaired) electrons. The van der Waals surface area contributed by atoms with Crippen molar-refractivity contribution >= 4 is 11.9 Å². The normalized spacial score (nSPS) is 16.1. The molecule has 1 fully saturated rings. The van der Waals surface area contributed by atoms with E-state index in [1.165, 1.54) is 0 Å². The van der Waals surface area contributed by atoms with E-state index in [4.69, 9.17) is 4.74 Å². The van der Waals surface area contributed by atoms with Crippen molar-refractivity contribution in [1.29, 1.82) is 0 Å². The maximum absolute atomic E-state index is 11.2. The Hall–Kier alpha value is -1.06. The molecule has 0 aromatic heterocycles. The zero-order valence-corrected chi connectivity index (χ0v) is 8.62. The Kier molecular flexibility index (Phi) is 4.43. The van der Waals surface area contributed by atoms with Crippen molar-refractivity contribution in [3.8, 4) is 0 Å². The van der Waals surface area contributed by atoms with E-state index in [9.17, 15) is 9.59 Å². The van der Waals surface area contributed by atoms with Gasteiger partial charge >= 0.3 is 5.97 Å². The first-order valence-corrected chi connectivity index (χ1v) is 5.17. The number of nitrogens with zero attached hydrogens (tertiary/aromatic N) is 1. The summed E-state index contributed by atoms with van der Waals surface area (Å²) >= 11 is 0. The summed E-state index contributed by atoms with van der Waals surface area (Å²) in [4.78, 5) is 23.9. The van der Waals surface area contributed by atoms with E-state index in [1.54, 1.807) is 4.90 Å². The number of rotatable bonds is 5. The number of carbonyl (C=O) groups is 2. The van der Waals surface area contributed by atoms with Crippen LogP contribution in [-0.2, 0) is 14.3 Å². The fourth-order valence-corrected chi connectivity index (χ4v) is 1.40. The molecule has 0 bridgehead atoms. The molecule has 1 aliphatic rings. The number of unbranched alkanes of at least 4 members (excludes halogenated alkanes) is 1. The molecule has 0 atom stereocenters. The van der Waals surface area contributed by atoms with Crippen LogP contribution in [0.3, 0.4) is 0 Å². The van der Waals surface area contributed by atoms with E-state index in [-0.39, 0.29) is 18.4 Å². The van der Waals surface area contributed by atoms with Crippen molar-refractivity contribution in [2.75, 3.05) is 19.7 Å².